The van der Waals surface area contributed by atoms with E-state index < -0.39 is 0 Å². The average Bonchev–Trinajstić information content (AvgIpc) is 2.87. The van der Waals surface area contributed by atoms with Crippen molar-refractivity contribution < 1.29 is 14.3 Å². The Hall–Kier alpha value is -1.71. The zero-order valence-corrected chi connectivity index (χ0v) is 13.5. The number of rotatable bonds is 5. The smallest absolute Gasteiger partial charge is 0.223 e. The van der Waals surface area contributed by atoms with E-state index in [2.05, 4.69) is 11.0 Å². The van der Waals surface area contributed by atoms with Gasteiger partial charge in [0, 0.05) is 19.0 Å². The second-order valence-corrected chi connectivity index (χ2v) is 6.34. The van der Waals surface area contributed by atoms with Crippen LogP contribution in [-0.2, 0) is 11.2 Å². The van der Waals surface area contributed by atoms with Gasteiger partial charge in [-0.15, -0.1) is 0 Å². The third-order valence-electron chi connectivity index (χ3n) is 5.12. The van der Waals surface area contributed by atoms with Gasteiger partial charge in [-0.05, 0) is 42.9 Å². The Labute approximate surface area is 132 Å². The van der Waals surface area contributed by atoms with Gasteiger partial charge in [0.15, 0.2) is 11.5 Å². The van der Waals surface area contributed by atoms with Gasteiger partial charge in [0.25, 0.3) is 0 Å². The van der Waals surface area contributed by atoms with Gasteiger partial charge in [-0.2, -0.15) is 0 Å². The molecule has 0 unspecified atom stereocenters. The van der Waals surface area contributed by atoms with Crippen LogP contribution in [0.25, 0.3) is 0 Å². The van der Waals surface area contributed by atoms with Gasteiger partial charge in [0.05, 0.1) is 14.2 Å². The number of fused-ring (bicyclic) bond motifs is 1. The van der Waals surface area contributed by atoms with Crippen LogP contribution >= 0.6 is 0 Å². The zero-order valence-electron chi connectivity index (χ0n) is 13.5. The molecule has 1 amide bonds. The Bertz CT molecular complexity index is 543. The van der Waals surface area contributed by atoms with E-state index in [0.29, 0.717) is 17.9 Å². The molecular formula is C18H25NO3. The molecular weight excluding hydrogens is 278 g/mol. The van der Waals surface area contributed by atoms with E-state index >= 15 is 0 Å². The minimum atomic E-state index is 0.345. The minimum absolute atomic E-state index is 0.345. The highest BCUT2D eigenvalue weighted by Gasteiger charge is 2.40. The number of ether oxygens (including phenoxy) is 2. The first-order valence-electron chi connectivity index (χ1n) is 8.23. The third-order valence-corrected chi connectivity index (χ3v) is 5.12. The van der Waals surface area contributed by atoms with Crippen LogP contribution in [0.3, 0.4) is 0 Å². The van der Waals surface area contributed by atoms with Crippen LogP contribution in [0.4, 0.5) is 0 Å². The lowest BCUT2D eigenvalue weighted by Gasteiger charge is -2.31. The summed E-state index contributed by atoms with van der Waals surface area (Å²) in [7, 11) is 3.29. The normalized spacial score (nSPS) is 24.3. The Morgan fingerprint density at radius 3 is 2.68 bits per heavy atom. The second-order valence-electron chi connectivity index (χ2n) is 6.34. The second kappa shape index (κ2) is 6.59. The summed E-state index contributed by atoms with van der Waals surface area (Å²) in [6.07, 6.45) is 6.59. The lowest BCUT2D eigenvalue weighted by atomic mass is 9.85. The molecule has 0 N–H and O–H groups in total. The van der Waals surface area contributed by atoms with Gasteiger partial charge in [-0.1, -0.05) is 18.9 Å². The van der Waals surface area contributed by atoms with E-state index in [1.807, 2.05) is 12.1 Å². The minimum Gasteiger partial charge on any atom is -0.493 e. The number of hydrogen-bond donors (Lipinski definition) is 0. The summed E-state index contributed by atoms with van der Waals surface area (Å²) in [6, 6.07) is 6.49. The maximum Gasteiger partial charge on any atom is 0.223 e. The molecule has 1 aliphatic carbocycles. The summed E-state index contributed by atoms with van der Waals surface area (Å²) in [5, 5.41) is 0. The summed E-state index contributed by atoms with van der Waals surface area (Å²) < 4.78 is 10.6. The number of methoxy groups -OCH3 is 2. The van der Waals surface area contributed by atoms with Crippen LogP contribution in [0, 0.1) is 5.92 Å². The van der Waals surface area contributed by atoms with Crippen molar-refractivity contribution in [2.75, 3.05) is 20.8 Å². The maximum atomic E-state index is 12.3. The molecule has 1 saturated carbocycles. The van der Waals surface area contributed by atoms with Crippen LogP contribution in [-0.4, -0.2) is 37.6 Å². The van der Waals surface area contributed by atoms with Crippen molar-refractivity contribution in [3.05, 3.63) is 23.8 Å². The fourth-order valence-electron chi connectivity index (χ4n) is 3.94. The Kier molecular flexibility index (Phi) is 4.55. The van der Waals surface area contributed by atoms with Crippen LogP contribution < -0.4 is 9.47 Å². The number of benzene rings is 1. The maximum absolute atomic E-state index is 12.3. The molecule has 0 aromatic heterocycles. The van der Waals surface area contributed by atoms with Crippen molar-refractivity contribution in [1.29, 1.82) is 0 Å². The summed E-state index contributed by atoms with van der Waals surface area (Å²) in [4.78, 5) is 14.4. The highest BCUT2D eigenvalue weighted by Crippen LogP contribution is 2.37. The average molecular weight is 303 g/mol. The molecule has 22 heavy (non-hydrogen) atoms. The predicted octanol–water partition coefficient (Wildman–Crippen LogP) is 3.04. The molecule has 4 heteroatoms. The van der Waals surface area contributed by atoms with Crippen molar-refractivity contribution in [2.45, 2.75) is 44.6 Å². The predicted molar refractivity (Wildman–Crippen MR) is 85.3 cm³/mol. The number of nitrogens with zero attached hydrogens (tertiary/aromatic N) is 1. The fourth-order valence-corrected chi connectivity index (χ4v) is 3.94. The quantitative estimate of drug-likeness (QED) is 0.839. The van der Waals surface area contributed by atoms with Crippen LogP contribution in [0.2, 0.25) is 0 Å². The van der Waals surface area contributed by atoms with E-state index in [0.717, 1.165) is 30.9 Å². The molecule has 3 rings (SSSR count). The Morgan fingerprint density at radius 1 is 1.14 bits per heavy atom. The molecule has 1 aromatic rings. The number of likely N-dealkylation sites (tertiary alicyclic amines) is 1. The number of amides is 1. The highest BCUT2D eigenvalue weighted by atomic mass is 16.5. The lowest BCUT2D eigenvalue weighted by molar-refractivity contribution is -0.129. The molecule has 1 aromatic carbocycles. The fraction of sp³-hybridized carbons (Fsp3) is 0.611. The topological polar surface area (TPSA) is 38.8 Å². The van der Waals surface area contributed by atoms with E-state index in [1.54, 1.807) is 14.2 Å². The first kappa shape index (κ1) is 15.2. The third kappa shape index (κ3) is 2.92. The SMILES string of the molecule is COc1ccc(CCN2C(=O)C[C@@H]3CCCC[C@@H]32)cc1OC. The van der Waals surface area contributed by atoms with E-state index in [1.165, 1.54) is 31.2 Å². The first-order valence-corrected chi connectivity index (χ1v) is 8.23. The molecule has 2 aliphatic rings. The van der Waals surface area contributed by atoms with Crippen molar-refractivity contribution in [3.8, 4) is 11.5 Å². The Morgan fingerprint density at radius 2 is 1.91 bits per heavy atom. The van der Waals surface area contributed by atoms with Crippen molar-refractivity contribution >= 4 is 5.91 Å². The molecule has 2 atom stereocenters. The summed E-state index contributed by atoms with van der Waals surface area (Å²) in [5.41, 5.74) is 1.18. The lowest BCUT2D eigenvalue weighted by Crippen LogP contribution is -2.38. The molecule has 120 valence electrons. The monoisotopic (exact) mass is 303 g/mol. The standard InChI is InChI=1S/C18H25NO3/c1-21-16-8-7-13(11-17(16)22-2)9-10-19-15-6-4-3-5-14(15)12-18(19)20/h7-8,11,14-15H,3-6,9-10,12H2,1-2H3/t14-,15-/m0/s1. The molecule has 4 nitrogen and oxygen atoms in total. The van der Waals surface area contributed by atoms with E-state index in [-0.39, 0.29) is 0 Å². The summed E-state index contributed by atoms with van der Waals surface area (Å²) >= 11 is 0. The highest BCUT2D eigenvalue weighted by molar-refractivity contribution is 5.79. The molecule has 1 saturated heterocycles. The zero-order chi connectivity index (χ0) is 15.5. The van der Waals surface area contributed by atoms with Gasteiger partial charge in [0.1, 0.15) is 0 Å². The van der Waals surface area contributed by atoms with Crippen LogP contribution in [0.1, 0.15) is 37.7 Å². The van der Waals surface area contributed by atoms with Crippen molar-refractivity contribution in [1.82, 2.24) is 4.90 Å². The molecule has 1 aliphatic heterocycles. The van der Waals surface area contributed by atoms with Crippen molar-refractivity contribution in [2.24, 2.45) is 5.92 Å². The molecule has 1 heterocycles. The van der Waals surface area contributed by atoms with E-state index in [4.69, 9.17) is 9.47 Å². The number of carbonyl (C=O) groups is 1. The van der Waals surface area contributed by atoms with Crippen LogP contribution in [0.5, 0.6) is 11.5 Å². The van der Waals surface area contributed by atoms with Gasteiger partial charge in [0.2, 0.25) is 5.91 Å². The van der Waals surface area contributed by atoms with Gasteiger partial charge in [-0.3, -0.25) is 4.79 Å². The first-order chi connectivity index (χ1) is 10.7. The molecule has 2 fully saturated rings. The van der Waals surface area contributed by atoms with Crippen molar-refractivity contribution in [3.63, 3.8) is 0 Å². The number of hydrogen-bond acceptors (Lipinski definition) is 3. The molecule has 0 radical (unpaired) electrons. The van der Waals surface area contributed by atoms with E-state index in [9.17, 15) is 4.79 Å². The Balaban J connectivity index is 1.65. The largest absolute Gasteiger partial charge is 0.493 e. The van der Waals surface area contributed by atoms with Gasteiger partial charge < -0.3 is 14.4 Å². The number of carbonyl (C=O) groups excluding carboxylic acids is 1. The van der Waals surface area contributed by atoms with Gasteiger partial charge >= 0.3 is 0 Å². The summed E-state index contributed by atoms with van der Waals surface area (Å²) in [6.45, 7) is 0.815. The van der Waals surface area contributed by atoms with Crippen LogP contribution in [0.15, 0.2) is 18.2 Å². The molecule has 0 spiro atoms. The molecule has 0 bridgehead atoms. The summed E-state index contributed by atoms with van der Waals surface area (Å²) in [5.74, 6) is 2.45. The van der Waals surface area contributed by atoms with Gasteiger partial charge in [-0.25, -0.2) is 0 Å².